The number of hydrogen-bond donors (Lipinski definition) is 2. The van der Waals surface area contributed by atoms with Crippen molar-refractivity contribution in [2.24, 2.45) is 10.7 Å². The van der Waals surface area contributed by atoms with Crippen LogP contribution >= 0.6 is 11.6 Å². The number of aromatic nitrogens is 2. The molecule has 3 N–H and O–H groups in total. The summed E-state index contributed by atoms with van der Waals surface area (Å²) in [5.41, 5.74) is 2.60. The quantitative estimate of drug-likeness (QED) is 0.632. The summed E-state index contributed by atoms with van der Waals surface area (Å²) >= 11 is 5.64. The van der Waals surface area contributed by atoms with Crippen molar-refractivity contribution < 1.29 is 35.9 Å². The van der Waals surface area contributed by atoms with Crippen LogP contribution in [0, 0.1) is 0 Å². The lowest BCUT2D eigenvalue weighted by atomic mass is 10.2. The SMILES string of the molecule is CS(=O)(=O)c1cccc(-c2nnc(C(=NCC(=O)O)/C(Cl)=C(\N)C(F)(F)F)o2)c1. The highest BCUT2D eigenvalue weighted by atomic mass is 35.5. The second-order valence-electron chi connectivity index (χ2n) is 5.50. The van der Waals surface area contributed by atoms with Gasteiger partial charge in [-0.1, -0.05) is 17.7 Å². The van der Waals surface area contributed by atoms with Crippen LogP contribution in [0.2, 0.25) is 0 Å². The predicted octanol–water partition coefficient (Wildman–Crippen LogP) is 1.99. The molecule has 0 amide bonds. The van der Waals surface area contributed by atoms with E-state index in [1.165, 1.54) is 24.3 Å². The number of aliphatic imine (C=N–C) groups is 1. The molecule has 1 aromatic carbocycles. The maximum Gasteiger partial charge on any atom is 0.432 e. The minimum atomic E-state index is -5.02. The normalized spacial score (nSPS) is 13.9. The highest BCUT2D eigenvalue weighted by molar-refractivity contribution is 7.90. The van der Waals surface area contributed by atoms with Gasteiger partial charge in [-0.3, -0.25) is 9.79 Å². The molecule has 1 heterocycles. The van der Waals surface area contributed by atoms with Crippen LogP contribution in [0.1, 0.15) is 5.89 Å². The first kappa shape index (κ1) is 22.4. The Kier molecular flexibility index (Phi) is 6.33. The molecule has 2 rings (SSSR count). The Morgan fingerprint density at radius 1 is 1.34 bits per heavy atom. The van der Waals surface area contributed by atoms with Crippen molar-refractivity contribution in [3.05, 3.63) is 40.9 Å². The van der Waals surface area contributed by atoms with Gasteiger partial charge in [-0.2, -0.15) is 13.2 Å². The molecule has 0 aliphatic rings. The van der Waals surface area contributed by atoms with Crippen LogP contribution in [0.5, 0.6) is 0 Å². The number of alkyl halides is 3. The molecule has 0 spiro atoms. The maximum atomic E-state index is 12.8. The first-order chi connectivity index (χ1) is 13.3. The summed E-state index contributed by atoms with van der Waals surface area (Å²) in [6.07, 6.45) is -4.04. The maximum absolute atomic E-state index is 12.8. The van der Waals surface area contributed by atoms with Gasteiger partial charge in [-0.05, 0) is 18.2 Å². The van der Waals surface area contributed by atoms with Gasteiger partial charge in [0.25, 0.3) is 5.89 Å². The zero-order valence-corrected chi connectivity index (χ0v) is 16.0. The van der Waals surface area contributed by atoms with Crippen molar-refractivity contribution in [3.63, 3.8) is 0 Å². The fourth-order valence-corrected chi connectivity index (χ4v) is 2.84. The van der Waals surface area contributed by atoms with Gasteiger partial charge in [0.05, 0.1) is 9.93 Å². The van der Waals surface area contributed by atoms with Gasteiger partial charge >= 0.3 is 12.1 Å². The van der Waals surface area contributed by atoms with Crippen molar-refractivity contribution in [2.75, 3.05) is 12.8 Å². The molecule has 9 nitrogen and oxygen atoms in total. The lowest BCUT2D eigenvalue weighted by molar-refractivity contribution is -0.135. The Balaban J connectivity index is 2.55. The number of allylic oxidation sites excluding steroid dienone is 2. The van der Waals surface area contributed by atoms with Crippen LogP contribution in [-0.2, 0) is 14.6 Å². The second kappa shape index (κ2) is 8.21. The molecule has 14 heteroatoms. The number of halogens is 4. The van der Waals surface area contributed by atoms with Crippen LogP contribution in [0.3, 0.4) is 0 Å². The molecule has 29 heavy (non-hydrogen) atoms. The molecule has 0 saturated heterocycles. The third-order valence-corrected chi connectivity index (χ3v) is 4.75. The summed E-state index contributed by atoms with van der Waals surface area (Å²) in [7, 11) is -3.55. The lowest BCUT2D eigenvalue weighted by Crippen LogP contribution is -2.23. The molecule has 0 saturated carbocycles. The third kappa shape index (κ3) is 5.54. The number of aliphatic carboxylic acids is 1. The number of sulfone groups is 1. The number of benzene rings is 1. The lowest BCUT2D eigenvalue weighted by Gasteiger charge is -2.09. The van der Waals surface area contributed by atoms with E-state index in [9.17, 15) is 26.4 Å². The number of carbonyl (C=O) groups is 1. The van der Waals surface area contributed by atoms with Gasteiger partial charge in [0.1, 0.15) is 18.0 Å². The number of carboxylic acid groups (broad SMARTS) is 1. The molecule has 0 unspecified atom stereocenters. The summed E-state index contributed by atoms with van der Waals surface area (Å²) in [4.78, 5) is 14.1. The molecule has 2 aromatic rings. The average molecular weight is 453 g/mol. The summed E-state index contributed by atoms with van der Waals surface area (Å²) in [5, 5.41) is 14.7. The Hall–Kier alpha value is -2.93. The summed E-state index contributed by atoms with van der Waals surface area (Å²) in [6.45, 7) is -0.946. The number of hydrogen-bond acceptors (Lipinski definition) is 8. The molecule has 0 radical (unpaired) electrons. The van der Waals surface area contributed by atoms with E-state index in [0.29, 0.717) is 0 Å². The molecular weight excluding hydrogens is 441 g/mol. The van der Waals surface area contributed by atoms with Gasteiger partial charge in [-0.15, -0.1) is 10.2 Å². The number of nitrogens with two attached hydrogens (primary N) is 1. The third-order valence-electron chi connectivity index (χ3n) is 3.26. The molecule has 0 bridgehead atoms. The topological polar surface area (TPSA) is 149 Å². The number of carboxylic acids is 1. The smallest absolute Gasteiger partial charge is 0.432 e. The predicted molar refractivity (Wildman–Crippen MR) is 95.0 cm³/mol. The Bertz CT molecular complexity index is 1110. The second-order valence-corrected chi connectivity index (χ2v) is 7.89. The van der Waals surface area contributed by atoms with E-state index in [1.807, 2.05) is 0 Å². The number of nitrogens with zero attached hydrogens (tertiary/aromatic N) is 3. The van der Waals surface area contributed by atoms with Crippen molar-refractivity contribution >= 4 is 33.1 Å². The Labute approximate surface area is 166 Å². The Morgan fingerprint density at radius 3 is 2.55 bits per heavy atom. The minimum absolute atomic E-state index is 0.0613. The van der Waals surface area contributed by atoms with Crippen LogP contribution in [-0.4, -0.2) is 54.4 Å². The van der Waals surface area contributed by atoms with Crippen molar-refractivity contribution in [1.29, 1.82) is 0 Å². The van der Waals surface area contributed by atoms with Crippen LogP contribution in [0.15, 0.2) is 49.3 Å². The highest BCUT2D eigenvalue weighted by Crippen LogP contribution is 2.29. The van der Waals surface area contributed by atoms with E-state index in [2.05, 4.69) is 15.2 Å². The van der Waals surface area contributed by atoms with E-state index < -0.39 is 50.9 Å². The molecular formula is C15H12ClF3N4O5S. The summed E-state index contributed by atoms with van der Waals surface area (Å²) < 4.78 is 67.1. The fourth-order valence-electron chi connectivity index (χ4n) is 1.92. The molecule has 0 aliphatic carbocycles. The van der Waals surface area contributed by atoms with Gasteiger partial charge in [0.15, 0.2) is 9.84 Å². The van der Waals surface area contributed by atoms with Gasteiger partial charge in [-0.25, -0.2) is 8.42 Å². The highest BCUT2D eigenvalue weighted by Gasteiger charge is 2.36. The summed E-state index contributed by atoms with van der Waals surface area (Å²) in [6, 6.07) is 5.34. The molecule has 0 aliphatic heterocycles. The van der Waals surface area contributed by atoms with Crippen LogP contribution in [0.25, 0.3) is 11.5 Å². The van der Waals surface area contributed by atoms with Gasteiger partial charge in [0, 0.05) is 11.8 Å². The van der Waals surface area contributed by atoms with Crippen molar-refractivity contribution in [1.82, 2.24) is 10.2 Å². The van der Waals surface area contributed by atoms with E-state index in [0.717, 1.165) is 6.26 Å². The first-order valence-corrected chi connectivity index (χ1v) is 9.71. The van der Waals surface area contributed by atoms with Gasteiger partial charge < -0.3 is 15.3 Å². The van der Waals surface area contributed by atoms with Crippen LogP contribution < -0.4 is 5.73 Å². The monoisotopic (exact) mass is 452 g/mol. The minimum Gasteiger partial charge on any atom is -0.480 e. The van der Waals surface area contributed by atoms with E-state index >= 15 is 0 Å². The molecule has 0 atom stereocenters. The van der Waals surface area contributed by atoms with Crippen molar-refractivity contribution in [2.45, 2.75) is 11.1 Å². The standard InChI is InChI=1S/C15H12ClF3N4O5S/c1-29(26,27)8-4-2-3-7(5-8)13-22-23-14(28-13)11(21-6-9(24)25)10(16)12(20)15(17,18)19/h2-5H,6,20H2,1H3,(H,24,25)/b12-10+,21-11?. The van der Waals surface area contributed by atoms with E-state index in [1.54, 1.807) is 0 Å². The molecule has 156 valence electrons. The zero-order valence-electron chi connectivity index (χ0n) is 14.4. The first-order valence-electron chi connectivity index (χ1n) is 7.44. The van der Waals surface area contributed by atoms with Crippen LogP contribution in [0.4, 0.5) is 13.2 Å². The Morgan fingerprint density at radius 2 is 2.00 bits per heavy atom. The van der Waals surface area contributed by atoms with E-state index in [-0.39, 0.29) is 16.3 Å². The molecule has 0 fully saturated rings. The van der Waals surface area contributed by atoms with Crippen molar-refractivity contribution in [3.8, 4) is 11.5 Å². The number of rotatable bonds is 6. The molecule has 1 aromatic heterocycles. The summed E-state index contributed by atoms with van der Waals surface area (Å²) in [5.74, 6) is -2.36. The van der Waals surface area contributed by atoms with E-state index in [4.69, 9.17) is 26.9 Å². The largest absolute Gasteiger partial charge is 0.480 e. The fraction of sp³-hybridized carbons (Fsp3) is 0.200. The zero-order chi connectivity index (χ0) is 22.0. The van der Waals surface area contributed by atoms with Gasteiger partial charge in [0.2, 0.25) is 5.89 Å². The average Bonchev–Trinajstić information content (AvgIpc) is 3.09.